The number of esters is 2. The molecule has 0 aromatic rings. The van der Waals surface area contributed by atoms with Crippen LogP contribution in [-0.2, 0) is 28.7 Å². The maximum Gasteiger partial charge on any atom is 0.335 e. The predicted molar refractivity (Wildman–Crippen MR) is 93.8 cm³/mol. The molecule has 0 bridgehead atoms. The fraction of sp³-hybridized carbons (Fsp3) is 0.556. The van der Waals surface area contributed by atoms with E-state index in [0.717, 1.165) is 0 Å². The van der Waals surface area contributed by atoms with Crippen LogP contribution in [0.15, 0.2) is 23.3 Å². The lowest BCUT2D eigenvalue weighted by molar-refractivity contribution is -0.160. The molecule has 0 aliphatic carbocycles. The summed E-state index contributed by atoms with van der Waals surface area (Å²) in [6.45, 7) is 2.94. The van der Waals surface area contributed by atoms with Crippen molar-refractivity contribution in [2.45, 2.75) is 52.1 Å². The van der Waals surface area contributed by atoms with Crippen LogP contribution in [0.5, 0.6) is 0 Å². The Labute approximate surface area is 157 Å². The van der Waals surface area contributed by atoms with Crippen molar-refractivity contribution in [3.05, 3.63) is 23.3 Å². The van der Waals surface area contributed by atoms with Crippen molar-refractivity contribution in [1.29, 1.82) is 0 Å². The van der Waals surface area contributed by atoms with Gasteiger partial charge < -0.3 is 24.8 Å². The van der Waals surface area contributed by atoms with Gasteiger partial charge >= 0.3 is 23.9 Å². The zero-order chi connectivity index (χ0) is 20.8. The van der Waals surface area contributed by atoms with E-state index in [-0.39, 0.29) is 24.4 Å². The average Bonchev–Trinajstić information content (AvgIpc) is 2.60. The predicted octanol–water partition coefficient (Wildman–Crippen LogP) is 1.45. The van der Waals surface area contributed by atoms with Crippen LogP contribution in [-0.4, -0.2) is 58.5 Å². The number of rotatable bonds is 13. The number of allylic oxidation sites excluding steroid dienone is 2. The molecule has 0 aromatic heterocycles. The molecule has 1 atom stereocenters. The molecule has 0 saturated heterocycles. The summed E-state index contributed by atoms with van der Waals surface area (Å²) in [7, 11) is 0. The molecule has 0 radical (unpaired) electrons. The Hall–Kier alpha value is -2.68. The molecule has 3 N–H and O–H groups in total. The van der Waals surface area contributed by atoms with Crippen molar-refractivity contribution >= 4 is 23.9 Å². The fourth-order valence-electron chi connectivity index (χ4n) is 1.73. The Morgan fingerprint density at radius 1 is 0.852 bits per heavy atom. The summed E-state index contributed by atoms with van der Waals surface area (Å²) in [5.74, 6) is -3.75. The first-order valence-electron chi connectivity index (χ1n) is 8.45. The molecule has 0 aromatic carbocycles. The standard InChI is InChI=1S/C18H26O9/c1-12(16(21)22)7-3-5-9-26-15(20)11-14(19)18(25)27-10-6-4-8-13(2)17(23)24/h7-8,14,19H,3-6,9-11H2,1-2H3,(H,21,22)(H,23,24). The Bertz CT molecular complexity index is 590. The topological polar surface area (TPSA) is 147 Å². The van der Waals surface area contributed by atoms with Gasteiger partial charge in [0.25, 0.3) is 0 Å². The molecule has 9 nitrogen and oxygen atoms in total. The number of carboxylic acids is 2. The lowest BCUT2D eigenvalue weighted by atomic mass is 10.2. The monoisotopic (exact) mass is 386 g/mol. The lowest BCUT2D eigenvalue weighted by Crippen LogP contribution is -2.27. The van der Waals surface area contributed by atoms with Gasteiger partial charge in [-0.25, -0.2) is 14.4 Å². The summed E-state index contributed by atoms with van der Waals surface area (Å²) < 4.78 is 9.65. The van der Waals surface area contributed by atoms with Crippen LogP contribution >= 0.6 is 0 Å². The fourth-order valence-corrected chi connectivity index (χ4v) is 1.73. The molecule has 0 saturated carbocycles. The minimum absolute atomic E-state index is 0.0103. The first kappa shape index (κ1) is 24.3. The number of ether oxygens (including phenoxy) is 2. The summed E-state index contributed by atoms with van der Waals surface area (Å²) in [4.78, 5) is 44.2. The maximum absolute atomic E-state index is 11.5. The molecule has 0 fully saturated rings. The molecule has 0 rings (SSSR count). The summed E-state index contributed by atoms with van der Waals surface area (Å²) in [6.07, 6.45) is 2.46. The summed E-state index contributed by atoms with van der Waals surface area (Å²) in [5, 5.41) is 26.9. The van der Waals surface area contributed by atoms with Crippen molar-refractivity contribution in [3.63, 3.8) is 0 Å². The Kier molecular flexibility index (Phi) is 12.2. The van der Waals surface area contributed by atoms with Gasteiger partial charge in [0, 0.05) is 11.1 Å². The number of carbonyl (C=O) groups is 4. The molecule has 1 unspecified atom stereocenters. The summed E-state index contributed by atoms with van der Waals surface area (Å²) in [5.41, 5.74) is 0.394. The Balaban J connectivity index is 3.93. The average molecular weight is 386 g/mol. The minimum atomic E-state index is -1.64. The highest BCUT2D eigenvalue weighted by molar-refractivity contribution is 5.86. The van der Waals surface area contributed by atoms with Gasteiger partial charge in [-0.15, -0.1) is 0 Å². The number of aliphatic hydroxyl groups is 1. The highest BCUT2D eigenvalue weighted by Crippen LogP contribution is 2.04. The maximum atomic E-state index is 11.5. The molecule has 0 heterocycles. The van der Waals surface area contributed by atoms with Gasteiger partial charge in [0.2, 0.25) is 0 Å². The molecule has 27 heavy (non-hydrogen) atoms. The molecule has 0 amide bonds. The van der Waals surface area contributed by atoms with Gasteiger partial charge in [-0.05, 0) is 39.5 Å². The zero-order valence-corrected chi connectivity index (χ0v) is 15.5. The quantitative estimate of drug-likeness (QED) is 0.243. The van der Waals surface area contributed by atoms with Crippen molar-refractivity contribution in [1.82, 2.24) is 0 Å². The van der Waals surface area contributed by atoms with Crippen molar-refractivity contribution < 1.29 is 44.0 Å². The van der Waals surface area contributed by atoms with E-state index in [1.54, 1.807) is 0 Å². The van der Waals surface area contributed by atoms with Crippen molar-refractivity contribution in [2.24, 2.45) is 0 Å². The van der Waals surface area contributed by atoms with Crippen molar-refractivity contribution in [3.8, 4) is 0 Å². The van der Waals surface area contributed by atoms with Gasteiger partial charge in [-0.3, -0.25) is 4.79 Å². The summed E-state index contributed by atoms with van der Waals surface area (Å²) >= 11 is 0. The Morgan fingerprint density at radius 3 is 1.74 bits per heavy atom. The Morgan fingerprint density at radius 2 is 1.30 bits per heavy atom. The molecule has 9 heteroatoms. The zero-order valence-electron chi connectivity index (χ0n) is 15.5. The number of hydrogen-bond acceptors (Lipinski definition) is 7. The van der Waals surface area contributed by atoms with Crippen LogP contribution in [0.4, 0.5) is 0 Å². The minimum Gasteiger partial charge on any atom is -0.478 e. The van der Waals surface area contributed by atoms with Crippen LogP contribution in [0, 0.1) is 0 Å². The summed E-state index contributed by atoms with van der Waals surface area (Å²) in [6, 6.07) is 0. The number of carboxylic acid groups (broad SMARTS) is 2. The van der Waals surface area contributed by atoms with Crippen LogP contribution in [0.25, 0.3) is 0 Å². The molecular weight excluding hydrogens is 360 g/mol. The van der Waals surface area contributed by atoms with E-state index in [0.29, 0.717) is 25.7 Å². The second-order valence-electron chi connectivity index (χ2n) is 5.78. The van der Waals surface area contributed by atoms with E-state index in [1.165, 1.54) is 26.0 Å². The number of aliphatic carboxylic acids is 2. The number of carbonyl (C=O) groups excluding carboxylic acids is 2. The van der Waals surface area contributed by atoms with Gasteiger partial charge in [0.05, 0.1) is 19.6 Å². The van der Waals surface area contributed by atoms with Gasteiger partial charge in [-0.2, -0.15) is 0 Å². The third-order valence-corrected chi connectivity index (χ3v) is 3.41. The van der Waals surface area contributed by atoms with E-state index < -0.39 is 36.4 Å². The third-order valence-electron chi connectivity index (χ3n) is 3.41. The van der Waals surface area contributed by atoms with Gasteiger partial charge in [-0.1, -0.05) is 12.2 Å². The molecule has 152 valence electrons. The molecular formula is C18H26O9. The molecule has 0 aliphatic rings. The largest absolute Gasteiger partial charge is 0.478 e. The van der Waals surface area contributed by atoms with E-state index in [4.69, 9.17) is 19.7 Å². The smallest absolute Gasteiger partial charge is 0.335 e. The second kappa shape index (κ2) is 13.5. The second-order valence-corrected chi connectivity index (χ2v) is 5.78. The van der Waals surface area contributed by atoms with Crippen LogP contribution in [0.2, 0.25) is 0 Å². The first-order valence-corrected chi connectivity index (χ1v) is 8.45. The van der Waals surface area contributed by atoms with Crippen molar-refractivity contribution in [2.75, 3.05) is 13.2 Å². The van der Waals surface area contributed by atoms with Gasteiger partial charge in [0.1, 0.15) is 0 Å². The van der Waals surface area contributed by atoms with E-state index >= 15 is 0 Å². The number of aliphatic hydroxyl groups excluding tert-OH is 1. The first-order chi connectivity index (χ1) is 12.6. The number of hydrogen-bond donors (Lipinski definition) is 3. The molecule has 0 aliphatic heterocycles. The lowest BCUT2D eigenvalue weighted by Gasteiger charge is -2.10. The van der Waals surface area contributed by atoms with E-state index in [2.05, 4.69) is 0 Å². The normalized spacial score (nSPS) is 13.0. The highest BCUT2D eigenvalue weighted by Gasteiger charge is 2.21. The number of unbranched alkanes of at least 4 members (excludes halogenated alkanes) is 2. The van der Waals surface area contributed by atoms with E-state index in [9.17, 15) is 24.3 Å². The van der Waals surface area contributed by atoms with E-state index in [1.807, 2.05) is 0 Å². The van der Waals surface area contributed by atoms with Gasteiger partial charge in [0.15, 0.2) is 6.10 Å². The van der Waals surface area contributed by atoms with Crippen LogP contribution < -0.4 is 0 Å². The van der Waals surface area contributed by atoms with Crippen LogP contribution in [0.1, 0.15) is 46.0 Å². The molecule has 0 spiro atoms. The third kappa shape index (κ3) is 12.3. The van der Waals surface area contributed by atoms with Crippen LogP contribution in [0.3, 0.4) is 0 Å². The highest BCUT2D eigenvalue weighted by atomic mass is 16.6. The SMILES string of the molecule is CC(=CCCCOC(=O)CC(O)C(=O)OCCCC=C(C)C(=O)O)C(=O)O.